The molecule has 0 radical (unpaired) electrons. The summed E-state index contributed by atoms with van der Waals surface area (Å²) < 4.78 is 10.7. The van der Waals surface area contributed by atoms with Crippen molar-refractivity contribution in [1.82, 2.24) is 10.9 Å². The highest BCUT2D eigenvalue weighted by Gasteiger charge is 2.16. The van der Waals surface area contributed by atoms with E-state index in [9.17, 15) is 9.59 Å². The van der Waals surface area contributed by atoms with Crippen LogP contribution >= 0.6 is 23.2 Å². The van der Waals surface area contributed by atoms with Crippen LogP contribution in [0.25, 0.3) is 0 Å². The minimum absolute atomic E-state index is 0.302. The first-order valence-electron chi connectivity index (χ1n) is 7.34. The first-order valence-corrected chi connectivity index (χ1v) is 8.10. The van der Waals surface area contributed by atoms with Gasteiger partial charge in [0.2, 0.25) is 0 Å². The number of hydrogen-bond donors (Lipinski definition) is 2. The fourth-order valence-corrected chi connectivity index (χ4v) is 2.13. The van der Waals surface area contributed by atoms with E-state index in [0.29, 0.717) is 21.5 Å². The van der Waals surface area contributed by atoms with Gasteiger partial charge in [-0.2, -0.15) is 0 Å². The third-order valence-electron chi connectivity index (χ3n) is 3.03. The lowest BCUT2D eigenvalue weighted by Crippen LogP contribution is -2.48. The fourth-order valence-electron chi connectivity index (χ4n) is 1.76. The monoisotopic (exact) mass is 382 g/mol. The molecular weight excluding hydrogens is 367 g/mol. The molecule has 2 rings (SSSR count). The lowest BCUT2D eigenvalue weighted by Gasteiger charge is -2.16. The summed E-state index contributed by atoms with van der Waals surface area (Å²) in [5, 5.41) is 0.778. The fraction of sp³-hybridized carbons (Fsp3) is 0.176. The molecular formula is C17H16Cl2N2O4. The predicted octanol–water partition coefficient (Wildman–Crippen LogP) is 2.99. The van der Waals surface area contributed by atoms with Gasteiger partial charge in [0.05, 0.1) is 10.0 Å². The number of nitrogens with one attached hydrogen (secondary N) is 2. The molecule has 0 saturated carbocycles. The quantitative estimate of drug-likeness (QED) is 0.752. The van der Waals surface area contributed by atoms with Crippen molar-refractivity contribution < 1.29 is 19.1 Å². The number of benzene rings is 2. The van der Waals surface area contributed by atoms with Gasteiger partial charge < -0.3 is 9.47 Å². The Bertz CT molecular complexity index is 755. The van der Waals surface area contributed by atoms with Crippen molar-refractivity contribution in [1.29, 1.82) is 0 Å². The summed E-state index contributed by atoms with van der Waals surface area (Å²) in [5.41, 5.74) is 4.49. The molecule has 2 amide bonds. The number of para-hydroxylation sites is 2. The van der Waals surface area contributed by atoms with Crippen LogP contribution in [0.15, 0.2) is 48.5 Å². The van der Waals surface area contributed by atoms with Gasteiger partial charge in [-0.25, -0.2) is 0 Å². The largest absolute Gasteiger partial charge is 0.482 e. The maximum atomic E-state index is 11.9. The summed E-state index contributed by atoms with van der Waals surface area (Å²) in [4.78, 5) is 23.6. The predicted molar refractivity (Wildman–Crippen MR) is 94.8 cm³/mol. The number of hydrazine groups is 1. The summed E-state index contributed by atoms with van der Waals surface area (Å²) in [7, 11) is 0. The molecule has 6 nitrogen and oxygen atoms in total. The Labute approximate surface area is 155 Å². The summed E-state index contributed by atoms with van der Waals surface area (Å²) in [6, 6.07) is 13.5. The van der Waals surface area contributed by atoms with Crippen LogP contribution in [0.5, 0.6) is 11.5 Å². The van der Waals surface area contributed by atoms with E-state index in [0.717, 1.165) is 0 Å². The zero-order valence-electron chi connectivity index (χ0n) is 13.3. The first kappa shape index (κ1) is 18.9. The van der Waals surface area contributed by atoms with Crippen molar-refractivity contribution in [2.24, 2.45) is 0 Å². The standard InChI is InChI=1S/C17H16Cl2N2O4/c1-11(25-15-9-5-3-7-13(15)19)17(23)21-20-16(22)10-24-14-8-4-2-6-12(14)18/h2-9,11H,10H2,1H3,(H,20,22)(H,21,23). The van der Waals surface area contributed by atoms with E-state index in [-0.39, 0.29) is 6.61 Å². The maximum absolute atomic E-state index is 11.9. The molecule has 2 aromatic rings. The molecule has 0 fully saturated rings. The zero-order valence-corrected chi connectivity index (χ0v) is 14.8. The van der Waals surface area contributed by atoms with Gasteiger partial charge in [0, 0.05) is 0 Å². The molecule has 1 unspecified atom stereocenters. The van der Waals surface area contributed by atoms with Gasteiger partial charge in [0.1, 0.15) is 11.5 Å². The Morgan fingerprint density at radius 2 is 1.52 bits per heavy atom. The molecule has 1 atom stereocenters. The summed E-state index contributed by atoms with van der Waals surface area (Å²) in [6.07, 6.45) is -0.857. The molecule has 0 heterocycles. The second-order valence-corrected chi connectivity index (χ2v) is 5.76. The van der Waals surface area contributed by atoms with Crippen LogP contribution in [-0.4, -0.2) is 24.5 Å². The minimum Gasteiger partial charge on any atom is -0.482 e. The molecule has 0 aliphatic carbocycles. The van der Waals surface area contributed by atoms with Gasteiger partial charge in [0.15, 0.2) is 12.7 Å². The number of carbonyl (C=O) groups is 2. The Morgan fingerprint density at radius 3 is 2.12 bits per heavy atom. The number of amides is 2. The highest BCUT2D eigenvalue weighted by atomic mass is 35.5. The minimum atomic E-state index is -0.857. The molecule has 8 heteroatoms. The third-order valence-corrected chi connectivity index (χ3v) is 3.65. The van der Waals surface area contributed by atoms with E-state index in [1.54, 1.807) is 48.5 Å². The molecule has 0 aliphatic heterocycles. The van der Waals surface area contributed by atoms with Crippen LogP contribution in [0.4, 0.5) is 0 Å². The Morgan fingerprint density at radius 1 is 0.960 bits per heavy atom. The van der Waals surface area contributed by atoms with Gasteiger partial charge in [-0.3, -0.25) is 20.4 Å². The summed E-state index contributed by atoms with van der Waals surface area (Å²) in [6.45, 7) is 1.23. The van der Waals surface area contributed by atoms with Gasteiger partial charge in [-0.15, -0.1) is 0 Å². The zero-order chi connectivity index (χ0) is 18.2. The van der Waals surface area contributed by atoms with Crippen LogP contribution in [0, 0.1) is 0 Å². The van der Waals surface area contributed by atoms with Gasteiger partial charge >= 0.3 is 0 Å². The number of ether oxygens (including phenoxy) is 2. The van der Waals surface area contributed by atoms with Crippen LogP contribution in [0.2, 0.25) is 10.0 Å². The van der Waals surface area contributed by atoms with Gasteiger partial charge in [0.25, 0.3) is 11.8 Å². The summed E-state index contributed by atoms with van der Waals surface area (Å²) >= 11 is 11.9. The molecule has 25 heavy (non-hydrogen) atoms. The molecule has 0 spiro atoms. The Hall–Kier alpha value is -2.44. The highest BCUT2D eigenvalue weighted by Crippen LogP contribution is 2.24. The molecule has 2 N–H and O–H groups in total. The van der Waals surface area contributed by atoms with Crippen molar-refractivity contribution >= 4 is 35.0 Å². The van der Waals surface area contributed by atoms with E-state index in [2.05, 4.69) is 10.9 Å². The number of hydrogen-bond acceptors (Lipinski definition) is 4. The van der Waals surface area contributed by atoms with Crippen molar-refractivity contribution in [2.75, 3.05) is 6.61 Å². The Kier molecular flexibility index (Phi) is 6.91. The lowest BCUT2D eigenvalue weighted by molar-refractivity contribution is -0.133. The van der Waals surface area contributed by atoms with Crippen molar-refractivity contribution in [3.05, 3.63) is 58.6 Å². The molecule has 0 aromatic heterocycles. The summed E-state index contributed by atoms with van der Waals surface area (Å²) in [5.74, 6) is -0.328. The maximum Gasteiger partial charge on any atom is 0.279 e. The molecule has 132 valence electrons. The number of halogens is 2. The average Bonchev–Trinajstić information content (AvgIpc) is 2.60. The van der Waals surface area contributed by atoms with E-state index in [4.69, 9.17) is 32.7 Å². The third kappa shape index (κ3) is 5.85. The van der Waals surface area contributed by atoms with E-state index < -0.39 is 17.9 Å². The van der Waals surface area contributed by atoms with Crippen LogP contribution < -0.4 is 20.3 Å². The lowest BCUT2D eigenvalue weighted by atomic mass is 10.3. The smallest absolute Gasteiger partial charge is 0.279 e. The van der Waals surface area contributed by atoms with Crippen molar-refractivity contribution in [3.8, 4) is 11.5 Å². The molecule has 0 bridgehead atoms. The normalized spacial score (nSPS) is 11.3. The van der Waals surface area contributed by atoms with E-state index >= 15 is 0 Å². The second kappa shape index (κ2) is 9.15. The van der Waals surface area contributed by atoms with Crippen LogP contribution in [0.3, 0.4) is 0 Å². The molecule has 0 saturated heterocycles. The Balaban J connectivity index is 1.76. The highest BCUT2D eigenvalue weighted by molar-refractivity contribution is 6.32. The van der Waals surface area contributed by atoms with Crippen molar-refractivity contribution in [2.45, 2.75) is 13.0 Å². The van der Waals surface area contributed by atoms with E-state index in [1.165, 1.54) is 6.92 Å². The average molecular weight is 383 g/mol. The SMILES string of the molecule is CC(Oc1ccccc1Cl)C(=O)NNC(=O)COc1ccccc1Cl. The number of rotatable bonds is 6. The first-order chi connectivity index (χ1) is 12.0. The van der Waals surface area contributed by atoms with Gasteiger partial charge in [-0.05, 0) is 31.2 Å². The molecule has 0 aliphatic rings. The molecule has 2 aromatic carbocycles. The number of carbonyl (C=O) groups excluding carboxylic acids is 2. The van der Waals surface area contributed by atoms with Gasteiger partial charge in [-0.1, -0.05) is 47.5 Å². The second-order valence-electron chi connectivity index (χ2n) is 4.95. The van der Waals surface area contributed by atoms with Crippen LogP contribution in [0.1, 0.15) is 6.92 Å². The van der Waals surface area contributed by atoms with Crippen molar-refractivity contribution in [3.63, 3.8) is 0 Å². The van der Waals surface area contributed by atoms with E-state index in [1.807, 2.05) is 0 Å². The van der Waals surface area contributed by atoms with Crippen LogP contribution in [-0.2, 0) is 9.59 Å². The topological polar surface area (TPSA) is 76.7 Å².